The second-order valence-electron chi connectivity index (χ2n) is 3.24. The molecular weight excluding hydrogens is 252 g/mol. The van der Waals surface area contributed by atoms with E-state index in [0.717, 1.165) is 13.3 Å². The lowest BCUT2D eigenvalue weighted by atomic mass is 10.0. The molecular formula is C9H9F2N3O4. The molecule has 0 radical (unpaired) electrons. The molecule has 0 aliphatic rings. The number of hydrogen-bond acceptors (Lipinski definition) is 6. The third-order valence-corrected chi connectivity index (χ3v) is 2.17. The Hall–Kier alpha value is -2.32. The molecule has 98 valence electrons. The van der Waals surface area contributed by atoms with Crippen molar-refractivity contribution >= 4 is 17.5 Å². The van der Waals surface area contributed by atoms with Crippen LogP contribution in [0, 0.1) is 10.1 Å². The highest BCUT2D eigenvalue weighted by Gasteiger charge is 2.28. The van der Waals surface area contributed by atoms with Crippen molar-refractivity contribution < 1.29 is 23.2 Å². The smallest absolute Gasteiger partial charge is 0.367 e. The summed E-state index contributed by atoms with van der Waals surface area (Å²) in [6.45, 7) is 0. The van der Waals surface area contributed by atoms with Crippen LogP contribution < -0.4 is 5.73 Å². The number of alkyl halides is 2. The van der Waals surface area contributed by atoms with E-state index in [1.165, 1.54) is 0 Å². The molecule has 0 bridgehead atoms. The summed E-state index contributed by atoms with van der Waals surface area (Å²) in [5.41, 5.74) is 3.60. The number of carbonyl (C=O) groups is 1. The van der Waals surface area contributed by atoms with Crippen molar-refractivity contribution in [2.24, 2.45) is 0 Å². The van der Waals surface area contributed by atoms with Gasteiger partial charge in [-0.15, -0.1) is 0 Å². The van der Waals surface area contributed by atoms with E-state index >= 15 is 0 Å². The summed E-state index contributed by atoms with van der Waals surface area (Å²) >= 11 is 0. The fourth-order valence-electron chi connectivity index (χ4n) is 1.38. The molecule has 2 N–H and O–H groups in total. The monoisotopic (exact) mass is 261 g/mol. The van der Waals surface area contributed by atoms with E-state index in [1.807, 2.05) is 0 Å². The zero-order valence-corrected chi connectivity index (χ0v) is 9.22. The summed E-state index contributed by atoms with van der Waals surface area (Å²) in [5, 5.41) is 10.7. The van der Waals surface area contributed by atoms with E-state index in [4.69, 9.17) is 5.73 Å². The largest absolute Gasteiger partial charge is 0.469 e. The number of esters is 1. The third-order valence-electron chi connectivity index (χ3n) is 2.17. The van der Waals surface area contributed by atoms with Crippen molar-refractivity contribution in [2.45, 2.75) is 12.8 Å². The Bertz CT molecular complexity index is 493. The van der Waals surface area contributed by atoms with Gasteiger partial charge in [-0.2, -0.15) is 0 Å². The topological polar surface area (TPSA) is 108 Å². The molecule has 18 heavy (non-hydrogen) atoms. The van der Waals surface area contributed by atoms with Crippen LogP contribution in [0.4, 0.5) is 20.3 Å². The third kappa shape index (κ3) is 2.67. The van der Waals surface area contributed by atoms with Crippen molar-refractivity contribution in [1.82, 2.24) is 4.98 Å². The number of halogens is 2. The number of aromatic nitrogens is 1. The van der Waals surface area contributed by atoms with Gasteiger partial charge in [0.05, 0.1) is 30.3 Å². The normalized spacial score (nSPS) is 10.4. The number of carbonyl (C=O) groups excluding carboxylic acids is 1. The van der Waals surface area contributed by atoms with Crippen LogP contribution in [0.1, 0.15) is 17.6 Å². The second kappa shape index (κ2) is 5.34. The number of pyridine rings is 1. The Morgan fingerprint density at radius 3 is 2.72 bits per heavy atom. The summed E-state index contributed by atoms with van der Waals surface area (Å²) in [5.74, 6) is -1.72. The highest BCUT2D eigenvalue weighted by Crippen LogP contribution is 2.33. The Labute approximate surface area is 99.7 Å². The molecule has 1 aromatic rings. The summed E-state index contributed by atoms with van der Waals surface area (Å²) in [6.07, 6.45) is -2.98. The molecule has 0 saturated carbocycles. The van der Waals surface area contributed by atoms with E-state index in [2.05, 4.69) is 9.72 Å². The minimum atomic E-state index is -3.05. The molecule has 1 rings (SSSR count). The SMILES string of the molecule is COC(=O)Cc1c([N+](=O)[O-])ncc(N)c1C(F)F. The number of ether oxygens (including phenoxy) is 1. The van der Waals surface area contributed by atoms with E-state index in [0.29, 0.717) is 0 Å². The number of rotatable bonds is 4. The molecule has 0 saturated heterocycles. The molecule has 0 unspecified atom stereocenters. The van der Waals surface area contributed by atoms with Crippen molar-refractivity contribution in [3.05, 3.63) is 27.4 Å². The van der Waals surface area contributed by atoms with Crippen molar-refractivity contribution in [2.75, 3.05) is 12.8 Å². The molecule has 0 aromatic carbocycles. The van der Waals surface area contributed by atoms with E-state index in [-0.39, 0.29) is 0 Å². The van der Waals surface area contributed by atoms with Crippen LogP contribution in [0.3, 0.4) is 0 Å². The van der Waals surface area contributed by atoms with Crippen LogP contribution in [0.2, 0.25) is 0 Å². The first-order valence-electron chi connectivity index (χ1n) is 4.65. The summed E-state index contributed by atoms with van der Waals surface area (Å²) < 4.78 is 29.9. The maximum Gasteiger partial charge on any atom is 0.367 e. The lowest BCUT2D eigenvalue weighted by Gasteiger charge is -2.09. The van der Waals surface area contributed by atoms with Gasteiger partial charge < -0.3 is 20.6 Å². The fraction of sp³-hybridized carbons (Fsp3) is 0.333. The predicted molar refractivity (Wildman–Crippen MR) is 56.0 cm³/mol. The Kier molecular flexibility index (Phi) is 4.08. The van der Waals surface area contributed by atoms with Crippen molar-refractivity contribution in [1.29, 1.82) is 0 Å². The molecule has 1 heterocycles. The first-order chi connectivity index (χ1) is 8.38. The zero-order chi connectivity index (χ0) is 13.9. The average molecular weight is 261 g/mol. The molecule has 0 aliphatic heterocycles. The molecule has 0 aliphatic carbocycles. The van der Waals surface area contributed by atoms with Gasteiger partial charge in [0.1, 0.15) is 0 Å². The second-order valence-corrected chi connectivity index (χ2v) is 3.24. The predicted octanol–water partition coefficient (Wildman–Crippen LogP) is 1.23. The van der Waals surface area contributed by atoms with Crippen LogP contribution in [0.15, 0.2) is 6.20 Å². The van der Waals surface area contributed by atoms with Gasteiger partial charge in [-0.1, -0.05) is 0 Å². The van der Waals surface area contributed by atoms with Crippen LogP contribution in [-0.2, 0) is 16.0 Å². The zero-order valence-electron chi connectivity index (χ0n) is 9.22. The lowest BCUT2D eigenvalue weighted by Crippen LogP contribution is -2.12. The number of nitrogen functional groups attached to an aromatic ring is 1. The van der Waals surface area contributed by atoms with Gasteiger partial charge in [-0.3, -0.25) is 4.79 Å². The standard InChI is InChI=1S/C9H9F2N3O4/c1-18-6(15)2-4-7(8(10)11)5(12)3-13-9(4)14(16)17/h3,8H,2,12H2,1H3. The van der Waals surface area contributed by atoms with Crippen LogP contribution in [-0.4, -0.2) is 23.0 Å². The number of methoxy groups -OCH3 is 1. The number of nitrogens with two attached hydrogens (primary N) is 1. The first kappa shape index (κ1) is 13.7. The van der Waals surface area contributed by atoms with E-state index in [1.54, 1.807) is 0 Å². The lowest BCUT2D eigenvalue weighted by molar-refractivity contribution is -0.390. The quantitative estimate of drug-likeness (QED) is 0.496. The van der Waals surface area contributed by atoms with Crippen LogP contribution in [0.25, 0.3) is 0 Å². The number of nitrogens with zero attached hydrogens (tertiary/aromatic N) is 2. The van der Waals surface area contributed by atoms with Gasteiger partial charge in [0.15, 0.2) is 6.20 Å². The summed E-state index contributed by atoms with van der Waals surface area (Å²) in [6, 6.07) is 0. The van der Waals surface area contributed by atoms with E-state index in [9.17, 15) is 23.7 Å². The Morgan fingerprint density at radius 2 is 2.28 bits per heavy atom. The van der Waals surface area contributed by atoms with E-state index < -0.39 is 46.4 Å². The first-order valence-corrected chi connectivity index (χ1v) is 4.65. The van der Waals surface area contributed by atoms with Crippen LogP contribution >= 0.6 is 0 Å². The molecule has 1 aromatic heterocycles. The maximum absolute atomic E-state index is 12.8. The molecule has 0 spiro atoms. The number of hydrogen-bond donors (Lipinski definition) is 1. The minimum absolute atomic E-state index is 0.408. The van der Waals surface area contributed by atoms with Gasteiger partial charge in [-0.05, 0) is 9.91 Å². The number of anilines is 1. The summed E-state index contributed by atoms with van der Waals surface area (Å²) in [7, 11) is 1.04. The molecule has 0 amide bonds. The van der Waals surface area contributed by atoms with Gasteiger partial charge in [-0.25, -0.2) is 8.78 Å². The molecule has 9 heteroatoms. The number of nitro groups is 1. The van der Waals surface area contributed by atoms with Crippen LogP contribution in [0.5, 0.6) is 0 Å². The highest BCUT2D eigenvalue weighted by molar-refractivity contribution is 5.75. The molecule has 7 nitrogen and oxygen atoms in total. The fourth-order valence-corrected chi connectivity index (χ4v) is 1.38. The van der Waals surface area contributed by atoms with Gasteiger partial charge >= 0.3 is 11.8 Å². The summed E-state index contributed by atoms with van der Waals surface area (Å²) in [4.78, 5) is 24.2. The van der Waals surface area contributed by atoms with Gasteiger partial charge in [0.25, 0.3) is 6.43 Å². The van der Waals surface area contributed by atoms with Crippen molar-refractivity contribution in [3.63, 3.8) is 0 Å². The Balaban J connectivity index is 3.43. The maximum atomic E-state index is 12.8. The van der Waals surface area contributed by atoms with Gasteiger partial charge in [0.2, 0.25) is 0 Å². The van der Waals surface area contributed by atoms with Crippen molar-refractivity contribution in [3.8, 4) is 0 Å². The molecule has 0 fully saturated rings. The minimum Gasteiger partial charge on any atom is -0.469 e. The average Bonchev–Trinajstić information content (AvgIpc) is 2.27. The molecule has 0 atom stereocenters. The Morgan fingerprint density at radius 1 is 1.67 bits per heavy atom. The highest BCUT2D eigenvalue weighted by atomic mass is 19.3. The van der Waals surface area contributed by atoms with Gasteiger partial charge in [0, 0.05) is 0 Å².